The van der Waals surface area contributed by atoms with Gasteiger partial charge in [-0.3, -0.25) is 19.8 Å². The van der Waals surface area contributed by atoms with E-state index < -0.39 is 28.3 Å². The number of ether oxygens (including phenoxy) is 2. The Balaban J connectivity index is 0.966. The van der Waals surface area contributed by atoms with Crippen LogP contribution in [0.25, 0.3) is 11.1 Å². The van der Waals surface area contributed by atoms with Crippen LogP contribution in [0.4, 0.5) is 11.4 Å². The maximum absolute atomic E-state index is 13.9. The number of aliphatic hydroxyl groups excluding tert-OH is 1. The summed E-state index contributed by atoms with van der Waals surface area (Å²) in [7, 11) is -4.00. The number of nitrogens with one attached hydrogen (secondary N) is 2. The summed E-state index contributed by atoms with van der Waals surface area (Å²) in [5, 5.41) is 23.9. The summed E-state index contributed by atoms with van der Waals surface area (Å²) in [6, 6.07) is 45.2. The average Bonchev–Trinajstić information content (AvgIpc) is 3.34. The number of nitro groups is 1. The highest BCUT2D eigenvalue weighted by molar-refractivity contribution is 7.89. The molecule has 0 spiro atoms. The predicted octanol–water partition coefficient (Wildman–Crippen LogP) is 7.88. The van der Waals surface area contributed by atoms with Gasteiger partial charge in [0.2, 0.25) is 15.9 Å². The molecule has 0 aliphatic carbocycles. The molecule has 6 aromatic carbocycles. The Labute approximate surface area is 386 Å². The molecule has 1 amide bonds. The Kier molecular flexibility index (Phi) is 14.7. The second-order valence-corrected chi connectivity index (χ2v) is 18.8. The van der Waals surface area contributed by atoms with Crippen LogP contribution >= 0.6 is 0 Å². The maximum Gasteiger partial charge on any atom is 0.269 e. The second kappa shape index (κ2) is 20.9. The van der Waals surface area contributed by atoms with E-state index in [1.54, 1.807) is 24.3 Å². The number of aliphatic hydroxyl groups is 1. The lowest BCUT2D eigenvalue weighted by Crippen LogP contribution is -2.51. The third-order valence-corrected chi connectivity index (χ3v) is 14.0. The van der Waals surface area contributed by atoms with Gasteiger partial charge in [-0.15, -0.1) is 0 Å². The molecule has 342 valence electrons. The third kappa shape index (κ3) is 11.2. The summed E-state index contributed by atoms with van der Waals surface area (Å²) in [6.07, 6.45) is -0.946. The van der Waals surface area contributed by atoms with Crippen LogP contribution in [0.3, 0.4) is 0 Å². The van der Waals surface area contributed by atoms with Gasteiger partial charge in [-0.1, -0.05) is 128 Å². The Morgan fingerprint density at radius 3 is 2.11 bits per heavy atom. The third-order valence-electron chi connectivity index (χ3n) is 12.6. The molecule has 3 N–H and O–H groups in total. The normalized spacial score (nSPS) is 19.5. The van der Waals surface area contributed by atoms with Gasteiger partial charge >= 0.3 is 0 Å². The zero-order chi connectivity index (χ0) is 46.2. The van der Waals surface area contributed by atoms with Crippen molar-refractivity contribution in [1.29, 1.82) is 0 Å². The monoisotopic (exact) mass is 909 g/mol. The number of anilines is 1. The highest BCUT2D eigenvalue weighted by Crippen LogP contribution is 2.42. The number of rotatable bonds is 16. The first-order chi connectivity index (χ1) is 31.9. The maximum atomic E-state index is 13.9. The molecule has 2 heterocycles. The molecule has 8 rings (SSSR count). The lowest BCUT2D eigenvalue weighted by molar-refractivity contribution is -0.384. The molecule has 0 radical (unpaired) electrons. The molecular weight excluding hydrogens is 855 g/mol. The summed E-state index contributed by atoms with van der Waals surface area (Å²) < 4.78 is 43.2. The van der Waals surface area contributed by atoms with Crippen molar-refractivity contribution in [2.24, 2.45) is 5.92 Å². The molecule has 5 atom stereocenters. The van der Waals surface area contributed by atoms with Crippen LogP contribution in [0.15, 0.2) is 157 Å². The number of non-ortho nitro benzene ring substituents is 1. The quantitative estimate of drug-likeness (QED) is 0.0643. The van der Waals surface area contributed by atoms with E-state index in [1.165, 1.54) is 12.1 Å². The van der Waals surface area contributed by atoms with Gasteiger partial charge in [-0.2, -0.15) is 4.72 Å². The largest absolute Gasteiger partial charge is 0.392 e. The number of nitro benzene ring substituents is 1. The van der Waals surface area contributed by atoms with Gasteiger partial charge in [0.05, 0.1) is 28.6 Å². The molecule has 14 heteroatoms. The van der Waals surface area contributed by atoms with Gasteiger partial charge in [-0.05, 0) is 71.0 Å². The minimum Gasteiger partial charge on any atom is -0.392 e. The number of nitrogens with zero attached hydrogens (tertiary/aromatic N) is 3. The molecule has 0 saturated carbocycles. The molecule has 13 nitrogen and oxygen atoms in total. The lowest BCUT2D eigenvalue weighted by Gasteiger charge is -2.44. The fraction of sp³-hybridized carbons (Fsp3) is 0.288. The van der Waals surface area contributed by atoms with E-state index in [0.29, 0.717) is 6.54 Å². The van der Waals surface area contributed by atoms with Gasteiger partial charge in [-0.25, -0.2) is 8.42 Å². The average molecular weight is 910 g/mol. The number of piperazine rings is 1. The predicted molar refractivity (Wildman–Crippen MR) is 254 cm³/mol. The Morgan fingerprint density at radius 1 is 0.788 bits per heavy atom. The highest BCUT2D eigenvalue weighted by Gasteiger charge is 2.39. The highest BCUT2D eigenvalue weighted by atomic mass is 32.2. The first-order valence-corrected chi connectivity index (χ1v) is 23.7. The van der Waals surface area contributed by atoms with Gasteiger partial charge in [0.15, 0.2) is 6.29 Å². The Morgan fingerprint density at radius 2 is 1.44 bits per heavy atom. The molecule has 0 unspecified atom stereocenters. The van der Waals surface area contributed by atoms with Crippen LogP contribution in [0.5, 0.6) is 0 Å². The fourth-order valence-electron chi connectivity index (χ4n) is 8.65. The number of amides is 1. The van der Waals surface area contributed by atoms with E-state index in [0.717, 1.165) is 76.4 Å². The smallest absolute Gasteiger partial charge is 0.269 e. The molecular formula is C52H55N5O8S. The minimum atomic E-state index is -4.00. The van der Waals surface area contributed by atoms with Crippen LogP contribution in [-0.2, 0) is 43.9 Å². The summed E-state index contributed by atoms with van der Waals surface area (Å²) in [6.45, 7) is 8.00. The zero-order valence-electron chi connectivity index (χ0n) is 37.0. The SMILES string of the molecule is Cc1ccc(S(=O)(=O)N[C@H](Cc2ccccc2)C(=O)NCc2ccccc2-c2ccc([C@H]3O[C@@H](CN4CCN(c5ccc([N+](=O)[O-])cc5)CC4)[C@@H](C)[C@@H](c4ccc(CO)cc4)O3)cc2)cc1. The topological polar surface area (TPSA) is 164 Å². The van der Waals surface area contributed by atoms with E-state index in [9.17, 15) is 28.4 Å². The first kappa shape index (κ1) is 46.3. The number of carbonyl (C=O) groups excluding carboxylic acids is 1. The fourth-order valence-corrected chi connectivity index (χ4v) is 9.84. The van der Waals surface area contributed by atoms with Gasteiger partial charge in [0, 0.05) is 68.6 Å². The minimum absolute atomic E-state index is 0.000457. The standard InChI is InChI=1S/C52H55N5O8S/c1-36-12-26-46(27-13-36)66(62,63)54-48(32-38-8-4-3-5-9-38)51(59)53-33-43-10-6-7-11-47(43)40-18-20-42(21-19-40)52-64-49(37(2)50(65-52)41-16-14-39(35-58)15-17-41)34-55-28-30-56(31-29-55)44-22-24-45(25-23-44)57(60)61/h3-27,37,48-50,52,54,58H,28-35H2,1-2H3,(H,53,59)/t37-,48-,49+,50+,52+/m1/s1. The number of carbonyl (C=O) groups is 1. The summed E-state index contributed by atoms with van der Waals surface area (Å²) in [4.78, 5) is 29.4. The molecule has 0 bridgehead atoms. The number of benzene rings is 6. The molecule has 2 saturated heterocycles. The van der Waals surface area contributed by atoms with Crippen LogP contribution < -0.4 is 14.9 Å². The van der Waals surface area contributed by atoms with Crippen molar-refractivity contribution in [1.82, 2.24) is 14.9 Å². The molecule has 6 aromatic rings. The van der Waals surface area contributed by atoms with Crippen molar-refractivity contribution in [2.45, 2.75) is 62.9 Å². The molecule has 2 aliphatic heterocycles. The molecule has 2 fully saturated rings. The van der Waals surface area contributed by atoms with Gasteiger partial charge in [0.25, 0.3) is 5.69 Å². The summed E-state index contributed by atoms with van der Waals surface area (Å²) in [5.74, 6) is -0.442. The van der Waals surface area contributed by atoms with E-state index >= 15 is 0 Å². The van der Waals surface area contributed by atoms with Crippen molar-refractivity contribution in [3.8, 4) is 11.1 Å². The van der Waals surface area contributed by atoms with Crippen molar-refractivity contribution < 1.29 is 32.7 Å². The van der Waals surface area contributed by atoms with Gasteiger partial charge in [0.1, 0.15) is 6.04 Å². The Hall–Kier alpha value is -6.26. The van der Waals surface area contributed by atoms with Crippen molar-refractivity contribution in [3.63, 3.8) is 0 Å². The van der Waals surface area contributed by atoms with Crippen LogP contribution in [0.2, 0.25) is 0 Å². The lowest BCUT2D eigenvalue weighted by atomic mass is 9.89. The second-order valence-electron chi connectivity index (χ2n) is 17.1. The van der Waals surface area contributed by atoms with Crippen molar-refractivity contribution >= 4 is 27.3 Å². The zero-order valence-corrected chi connectivity index (χ0v) is 37.8. The van der Waals surface area contributed by atoms with E-state index in [-0.39, 0.29) is 53.2 Å². The molecule has 2 aliphatic rings. The summed E-state index contributed by atoms with van der Waals surface area (Å²) in [5.41, 5.74) is 8.16. The Bertz CT molecular complexity index is 2680. The number of sulfonamides is 1. The van der Waals surface area contributed by atoms with Crippen molar-refractivity contribution in [3.05, 3.63) is 195 Å². The summed E-state index contributed by atoms with van der Waals surface area (Å²) >= 11 is 0. The van der Waals surface area contributed by atoms with E-state index in [4.69, 9.17) is 9.47 Å². The van der Waals surface area contributed by atoms with Crippen LogP contribution in [0, 0.1) is 23.0 Å². The molecule has 66 heavy (non-hydrogen) atoms. The number of hydrogen-bond donors (Lipinski definition) is 3. The molecule has 0 aromatic heterocycles. The van der Waals surface area contributed by atoms with E-state index in [1.807, 2.05) is 122 Å². The van der Waals surface area contributed by atoms with Crippen LogP contribution in [0.1, 0.15) is 52.7 Å². The number of aryl methyl sites for hydroxylation is 1. The first-order valence-electron chi connectivity index (χ1n) is 22.3. The number of hydrogen-bond acceptors (Lipinski definition) is 10. The van der Waals surface area contributed by atoms with Gasteiger partial charge < -0.3 is 24.8 Å². The van der Waals surface area contributed by atoms with Crippen LogP contribution in [-0.4, -0.2) is 74.1 Å². The van der Waals surface area contributed by atoms with E-state index in [2.05, 4.69) is 26.8 Å². The van der Waals surface area contributed by atoms with Crippen molar-refractivity contribution in [2.75, 3.05) is 37.6 Å².